The lowest BCUT2D eigenvalue weighted by Crippen LogP contribution is -2.23. The minimum Gasteiger partial charge on any atom is -0.487 e. The van der Waals surface area contributed by atoms with Crippen LogP contribution in [0.5, 0.6) is 5.75 Å². The van der Waals surface area contributed by atoms with Crippen molar-refractivity contribution < 1.29 is 9.13 Å². The van der Waals surface area contributed by atoms with Crippen LogP contribution >= 0.6 is 0 Å². The van der Waals surface area contributed by atoms with Gasteiger partial charge in [0.15, 0.2) is 0 Å². The van der Waals surface area contributed by atoms with Crippen LogP contribution in [0.2, 0.25) is 0 Å². The minimum atomic E-state index is -1.03. The SMILES string of the molecule is CC(F)c1ccc(OC(C)(C)C)cn1. The predicted molar refractivity (Wildman–Crippen MR) is 54.1 cm³/mol. The first-order valence-corrected chi connectivity index (χ1v) is 4.67. The summed E-state index contributed by atoms with van der Waals surface area (Å²) in [6.07, 6.45) is 0.523. The zero-order valence-electron chi connectivity index (χ0n) is 9.04. The first-order chi connectivity index (χ1) is 6.38. The van der Waals surface area contributed by atoms with E-state index >= 15 is 0 Å². The molecule has 1 aromatic rings. The fourth-order valence-electron chi connectivity index (χ4n) is 1.04. The van der Waals surface area contributed by atoms with E-state index in [1.807, 2.05) is 20.8 Å². The van der Waals surface area contributed by atoms with Gasteiger partial charge in [-0.1, -0.05) is 0 Å². The molecule has 0 N–H and O–H groups in total. The van der Waals surface area contributed by atoms with Crippen LogP contribution in [-0.4, -0.2) is 10.6 Å². The zero-order chi connectivity index (χ0) is 10.8. The summed E-state index contributed by atoms with van der Waals surface area (Å²) in [6, 6.07) is 3.38. The Kier molecular flexibility index (Phi) is 3.09. The molecular weight excluding hydrogens is 181 g/mol. The molecule has 0 aliphatic heterocycles. The largest absolute Gasteiger partial charge is 0.487 e. The third-order valence-corrected chi connectivity index (χ3v) is 1.59. The number of pyridine rings is 1. The summed E-state index contributed by atoms with van der Waals surface area (Å²) in [5, 5.41) is 0. The van der Waals surface area contributed by atoms with Crippen molar-refractivity contribution in [1.82, 2.24) is 4.98 Å². The van der Waals surface area contributed by atoms with Gasteiger partial charge in [0.25, 0.3) is 0 Å². The molecule has 0 fully saturated rings. The normalized spacial score (nSPS) is 13.8. The smallest absolute Gasteiger partial charge is 0.139 e. The van der Waals surface area contributed by atoms with Gasteiger partial charge >= 0.3 is 0 Å². The molecule has 0 saturated carbocycles. The van der Waals surface area contributed by atoms with E-state index in [-0.39, 0.29) is 5.60 Å². The molecule has 0 aliphatic carbocycles. The van der Waals surface area contributed by atoms with E-state index in [1.54, 1.807) is 18.3 Å². The summed E-state index contributed by atoms with van der Waals surface area (Å²) in [5.41, 5.74) is 0.191. The van der Waals surface area contributed by atoms with Crippen LogP contribution in [0.25, 0.3) is 0 Å². The summed E-state index contributed by atoms with van der Waals surface area (Å²) in [7, 11) is 0. The number of rotatable bonds is 2. The highest BCUT2D eigenvalue weighted by Crippen LogP contribution is 2.20. The van der Waals surface area contributed by atoms with Gasteiger partial charge in [-0.2, -0.15) is 0 Å². The molecule has 2 nitrogen and oxygen atoms in total. The van der Waals surface area contributed by atoms with Crippen molar-refractivity contribution in [3.63, 3.8) is 0 Å². The molecule has 0 saturated heterocycles. The number of nitrogens with zero attached hydrogens (tertiary/aromatic N) is 1. The van der Waals surface area contributed by atoms with E-state index in [1.165, 1.54) is 6.92 Å². The van der Waals surface area contributed by atoms with Gasteiger partial charge in [-0.15, -0.1) is 0 Å². The molecule has 0 spiro atoms. The third-order valence-electron chi connectivity index (χ3n) is 1.59. The molecule has 1 unspecified atom stereocenters. The van der Waals surface area contributed by atoms with Crippen LogP contribution in [0.4, 0.5) is 4.39 Å². The molecule has 1 atom stereocenters. The van der Waals surface area contributed by atoms with Gasteiger partial charge in [-0.3, -0.25) is 4.98 Å². The number of hydrogen-bond acceptors (Lipinski definition) is 2. The van der Waals surface area contributed by atoms with Crippen molar-refractivity contribution in [2.75, 3.05) is 0 Å². The highest BCUT2D eigenvalue weighted by Gasteiger charge is 2.12. The zero-order valence-corrected chi connectivity index (χ0v) is 9.04. The number of hydrogen-bond donors (Lipinski definition) is 0. The second kappa shape index (κ2) is 3.95. The summed E-state index contributed by atoms with van der Waals surface area (Å²) in [4.78, 5) is 3.96. The number of halogens is 1. The molecule has 3 heteroatoms. The Morgan fingerprint density at radius 3 is 2.36 bits per heavy atom. The van der Waals surface area contributed by atoms with Crippen molar-refractivity contribution in [1.29, 1.82) is 0 Å². The first-order valence-electron chi connectivity index (χ1n) is 4.67. The maximum absolute atomic E-state index is 12.8. The van der Waals surface area contributed by atoms with Crippen LogP contribution < -0.4 is 4.74 Å². The average molecular weight is 197 g/mol. The highest BCUT2D eigenvalue weighted by atomic mass is 19.1. The lowest BCUT2D eigenvalue weighted by Gasteiger charge is -2.20. The molecule has 78 valence electrons. The summed E-state index contributed by atoms with van der Waals surface area (Å²) < 4.78 is 18.4. The van der Waals surface area contributed by atoms with Crippen molar-refractivity contribution >= 4 is 0 Å². The molecule has 1 rings (SSSR count). The number of alkyl halides is 1. The Bertz CT molecular complexity index is 287. The number of aromatic nitrogens is 1. The molecule has 14 heavy (non-hydrogen) atoms. The molecule has 1 heterocycles. The lowest BCUT2D eigenvalue weighted by atomic mass is 10.2. The predicted octanol–water partition coefficient (Wildman–Crippen LogP) is 3.29. The molecule has 0 aromatic carbocycles. The molecule has 0 radical (unpaired) electrons. The van der Waals surface area contributed by atoms with E-state index in [9.17, 15) is 4.39 Å². The van der Waals surface area contributed by atoms with Crippen molar-refractivity contribution in [2.45, 2.75) is 39.5 Å². The maximum atomic E-state index is 12.8. The van der Waals surface area contributed by atoms with E-state index < -0.39 is 6.17 Å². The highest BCUT2D eigenvalue weighted by molar-refractivity contribution is 5.21. The van der Waals surface area contributed by atoms with Gasteiger partial charge in [-0.25, -0.2) is 4.39 Å². The second-order valence-corrected chi connectivity index (χ2v) is 4.25. The Morgan fingerprint density at radius 2 is 2.00 bits per heavy atom. The molecule has 0 aliphatic rings. The second-order valence-electron chi connectivity index (χ2n) is 4.25. The molecule has 0 bridgehead atoms. The van der Waals surface area contributed by atoms with E-state index in [0.29, 0.717) is 11.4 Å². The van der Waals surface area contributed by atoms with Crippen LogP contribution in [-0.2, 0) is 0 Å². The van der Waals surface area contributed by atoms with Gasteiger partial charge in [0, 0.05) is 0 Å². The monoisotopic (exact) mass is 197 g/mol. The molecule has 1 aromatic heterocycles. The first kappa shape index (κ1) is 11.0. The van der Waals surface area contributed by atoms with Crippen LogP contribution in [0.15, 0.2) is 18.3 Å². The standard InChI is InChI=1S/C11H16FNO/c1-8(12)10-6-5-9(7-13-10)14-11(2,3)4/h5-8H,1-4H3. The van der Waals surface area contributed by atoms with Crippen LogP contribution in [0, 0.1) is 0 Å². The van der Waals surface area contributed by atoms with E-state index in [2.05, 4.69) is 4.98 Å². The van der Waals surface area contributed by atoms with Gasteiger partial charge in [-0.05, 0) is 39.8 Å². The average Bonchev–Trinajstić information content (AvgIpc) is 2.02. The van der Waals surface area contributed by atoms with Gasteiger partial charge in [0.2, 0.25) is 0 Å². The number of ether oxygens (including phenoxy) is 1. The van der Waals surface area contributed by atoms with Crippen molar-refractivity contribution in [3.8, 4) is 5.75 Å². The van der Waals surface area contributed by atoms with E-state index in [4.69, 9.17) is 4.74 Å². The Morgan fingerprint density at radius 1 is 1.36 bits per heavy atom. The van der Waals surface area contributed by atoms with Gasteiger partial charge in [0.05, 0.1) is 11.9 Å². The summed E-state index contributed by atoms with van der Waals surface area (Å²) >= 11 is 0. The Balaban J connectivity index is 2.74. The van der Waals surface area contributed by atoms with Crippen molar-refractivity contribution in [3.05, 3.63) is 24.0 Å². The molecule has 0 amide bonds. The topological polar surface area (TPSA) is 22.1 Å². The lowest BCUT2D eigenvalue weighted by molar-refractivity contribution is 0.130. The minimum absolute atomic E-state index is 0.246. The fourth-order valence-corrected chi connectivity index (χ4v) is 1.04. The quantitative estimate of drug-likeness (QED) is 0.725. The van der Waals surface area contributed by atoms with Crippen LogP contribution in [0.1, 0.15) is 39.6 Å². The van der Waals surface area contributed by atoms with Gasteiger partial charge < -0.3 is 4.74 Å². The van der Waals surface area contributed by atoms with Crippen molar-refractivity contribution in [2.24, 2.45) is 0 Å². The third kappa shape index (κ3) is 3.32. The fraction of sp³-hybridized carbons (Fsp3) is 0.545. The summed E-state index contributed by atoms with van der Waals surface area (Å²) in [6.45, 7) is 7.34. The van der Waals surface area contributed by atoms with Gasteiger partial charge in [0.1, 0.15) is 17.5 Å². The molecular formula is C11H16FNO. The summed E-state index contributed by atoms with van der Waals surface area (Å²) in [5.74, 6) is 0.668. The van der Waals surface area contributed by atoms with Crippen LogP contribution in [0.3, 0.4) is 0 Å². The Hall–Kier alpha value is -1.12. The maximum Gasteiger partial charge on any atom is 0.139 e. The van der Waals surface area contributed by atoms with E-state index in [0.717, 1.165) is 0 Å². The Labute approximate surface area is 84.1 Å².